The van der Waals surface area contributed by atoms with E-state index in [1.54, 1.807) is 0 Å². The molecule has 1 aliphatic heterocycles. The Kier molecular flexibility index (Phi) is 4.14. The highest BCUT2D eigenvalue weighted by Gasteiger charge is 2.41. The number of amides is 1. The summed E-state index contributed by atoms with van der Waals surface area (Å²) in [5.74, 6) is 1.36. The van der Waals surface area contributed by atoms with Crippen molar-refractivity contribution in [3.05, 3.63) is 11.6 Å². The first kappa shape index (κ1) is 14.3. The number of hydroxylamine groups is 2. The molecule has 98 valence electrons. The third kappa shape index (κ3) is 2.90. The molecule has 0 radical (unpaired) electrons. The van der Waals surface area contributed by atoms with Gasteiger partial charge < -0.3 is 0 Å². The Bertz CT molecular complexity index is 446. The maximum Gasteiger partial charge on any atom is 0.411 e. The normalized spacial score (nSPS) is 19.7. The highest BCUT2D eigenvalue weighted by Crippen LogP contribution is 2.29. The maximum atomic E-state index is 12.5. The standard InChI is InChI=1S/C11H11F3N2O2/c1-4-8-7(10(17)16(2)18-3)5-6-9(15-8)11(12,13)14/h1,5,9H,6H2,2-3H3. The molecular formula is C11H11F3N2O2. The van der Waals surface area contributed by atoms with Crippen LogP contribution in [0.2, 0.25) is 0 Å². The van der Waals surface area contributed by atoms with Crippen LogP contribution < -0.4 is 0 Å². The molecule has 0 aliphatic carbocycles. The summed E-state index contributed by atoms with van der Waals surface area (Å²) in [6.45, 7) is 0. The SMILES string of the molecule is C#CC1=NC(C(F)(F)F)CC=C1C(=O)N(C)OC. The van der Waals surface area contributed by atoms with E-state index in [1.165, 1.54) is 14.2 Å². The second-order valence-electron chi connectivity index (χ2n) is 3.52. The summed E-state index contributed by atoms with van der Waals surface area (Å²) in [6.07, 6.45) is 1.33. The number of likely N-dealkylation sites (N-methyl/N-ethyl adjacent to an activating group) is 1. The van der Waals surface area contributed by atoms with Crippen LogP contribution in [0, 0.1) is 12.3 Å². The van der Waals surface area contributed by atoms with Gasteiger partial charge in [-0.1, -0.05) is 6.08 Å². The van der Waals surface area contributed by atoms with Crippen LogP contribution in [0.25, 0.3) is 0 Å². The summed E-state index contributed by atoms with van der Waals surface area (Å²) < 4.78 is 37.4. The van der Waals surface area contributed by atoms with Gasteiger partial charge in [-0.2, -0.15) is 13.2 Å². The zero-order chi connectivity index (χ0) is 13.9. The first-order valence-corrected chi connectivity index (χ1v) is 4.95. The van der Waals surface area contributed by atoms with Crippen molar-refractivity contribution in [3.8, 4) is 12.3 Å². The van der Waals surface area contributed by atoms with Crippen molar-refractivity contribution >= 4 is 11.6 Å². The molecule has 0 spiro atoms. The first-order valence-electron chi connectivity index (χ1n) is 4.95. The number of rotatable bonds is 2. The predicted molar refractivity (Wildman–Crippen MR) is 58.6 cm³/mol. The molecule has 0 aromatic carbocycles. The van der Waals surface area contributed by atoms with Crippen LogP contribution >= 0.6 is 0 Å². The Morgan fingerprint density at radius 3 is 2.72 bits per heavy atom. The molecule has 1 heterocycles. The summed E-state index contributed by atoms with van der Waals surface area (Å²) in [6, 6.07) is -1.90. The minimum absolute atomic E-state index is 0.0534. The van der Waals surface area contributed by atoms with Crippen LogP contribution in [0.15, 0.2) is 16.6 Å². The van der Waals surface area contributed by atoms with Gasteiger partial charge in [0.1, 0.15) is 5.71 Å². The molecule has 1 amide bonds. The number of aliphatic imine (C=N–C) groups is 1. The molecule has 0 bridgehead atoms. The Hall–Kier alpha value is -1.81. The van der Waals surface area contributed by atoms with Gasteiger partial charge in [-0.15, -0.1) is 6.42 Å². The van der Waals surface area contributed by atoms with Gasteiger partial charge in [0.2, 0.25) is 0 Å². The number of carbonyl (C=O) groups excluding carboxylic acids is 1. The molecule has 7 heteroatoms. The summed E-state index contributed by atoms with van der Waals surface area (Å²) in [5, 5.41) is 0.868. The third-order valence-corrected chi connectivity index (χ3v) is 2.39. The van der Waals surface area contributed by atoms with Crippen LogP contribution in [0.4, 0.5) is 13.2 Å². The second kappa shape index (κ2) is 5.23. The number of dihydropyridines is 1. The van der Waals surface area contributed by atoms with Gasteiger partial charge in [-0.05, 0) is 12.3 Å². The lowest BCUT2D eigenvalue weighted by Crippen LogP contribution is -2.35. The van der Waals surface area contributed by atoms with Crippen LogP contribution in [0.5, 0.6) is 0 Å². The molecule has 1 unspecified atom stereocenters. The Morgan fingerprint density at radius 1 is 1.67 bits per heavy atom. The molecular weight excluding hydrogens is 249 g/mol. The minimum Gasteiger partial charge on any atom is -0.274 e. The van der Waals surface area contributed by atoms with Gasteiger partial charge >= 0.3 is 6.18 Å². The van der Waals surface area contributed by atoms with E-state index in [0.717, 1.165) is 11.1 Å². The molecule has 0 aromatic rings. The molecule has 0 saturated carbocycles. The van der Waals surface area contributed by atoms with Gasteiger partial charge in [-0.3, -0.25) is 14.6 Å². The summed E-state index contributed by atoms with van der Waals surface area (Å²) in [7, 11) is 2.58. The first-order chi connectivity index (χ1) is 8.31. The molecule has 18 heavy (non-hydrogen) atoms. The fraction of sp³-hybridized carbons (Fsp3) is 0.455. The summed E-state index contributed by atoms with van der Waals surface area (Å²) in [4.78, 5) is 19.8. The Balaban J connectivity index is 3.00. The monoisotopic (exact) mass is 260 g/mol. The van der Waals surface area contributed by atoms with E-state index >= 15 is 0 Å². The molecule has 0 N–H and O–H groups in total. The quantitative estimate of drug-likeness (QED) is 0.555. The number of halogens is 3. The van der Waals surface area contributed by atoms with E-state index in [2.05, 4.69) is 9.83 Å². The zero-order valence-electron chi connectivity index (χ0n) is 9.78. The average molecular weight is 260 g/mol. The van der Waals surface area contributed by atoms with Gasteiger partial charge in [0, 0.05) is 7.05 Å². The third-order valence-electron chi connectivity index (χ3n) is 2.39. The summed E-state index contributed by atoms with van der Waals surface area (Å²) in [5.41, 5.74) is -0.361. The van der Waals surface area contributed by atoms with E-state index in [0.29, 0.717) is 0 Å². The number of nitrogens with zero attached hydrogens (tertiary/aromatic N) is 2. The fourth-order valence-corrected chi connectivity index (χ4v) is 1.37. The lowest BCUT2D eigenvalue weighted by atomic mass is 10.0. The molecule has 0 aromatic heterocycles. The van der Waals surface area contributed by atoms with E-state index in [9.17, 15) is 18.0 Å². The number of alkyl halides is 3. The van der Waals surface area contributed by atoms with E-state index < -0.39 is 24.5 Å². The van der Waals surface area contributed by atoms with Crippen LogP contribution in [0.3, 0.4) is 0 Å². The molecule has 1 aliphatic rings. The van der Waals surface area contributed by atoms with E-state index in [4.69, 9.17) is 6.42 Å². The number of terminal acetylenes is 1. The highest BCUT2D eigenvalue weighted by atomic mass is 19.4. The fourth-order valence-electron chi connectivity index (χ4n) is 1.37. The molecule has 0 saturated heterocycles. The van der Waals surface area contributed by atoms with Crippen molar-refractivity contribution in [2.24, 2.45) is 4.99 Å². The topological polar surface area (TPSA) is 41.9 Å². The van der Waals surface area contributed by atoms with Crippen molar-refractivity contribution in [1.82, 2.24) is 5.06 Å². The van der Waals surface area contributed by atoms with Gasteiger partial charge in [-0.25, -0.2) is 5.06 Å². The van der Waals surface area contributed by atoms with Crippen LogP contribution in [-0.2, 0) is 9.63 Å². The predicted octanol–water partition coefficient (Wildman–Crippen LogP) is 1.34. The average Bonchev–Trinajstić information content (AvgIpc) is 2.35. The summed E-state index contributed by atoms with van der Waals surface area (Å²) >= 11 is 0. The molecule has 1 rings (SSSR count). The van der Waals surface area contributed by atoms with Crippen molar-refractivity contribution in [1.29, 1.82) is 0 Å². The van der Waals surface area contributed by atoms with Gasteiger partial charge in [0.25, 0.3) is 5.91 Å². The minimum atomic E-state index is -4.47. The lowest BCUT2D eigenvalue weighted by molar-refractivity contribution is -0.163. The van der Waals surface area contributed by atoms with Crippen LogP contribution in [0.1, 0.15) is 6.42 Å². The maximum absolute atomic E-state index is 12.5. The van der Waals surface area contributed by atoms with Gasteiger partial charge in [0.15, 0.2) is 6.04 Å². The zero-order valence-corrected chi connectivity index (χ0v) is 9.78. The Labute approximate surface area is 102 Å². The van der Waals surface area contributed by atoms with Crippen LogP contribution in [-0.4, -0.2) is 43.1 Å². The molecule has 4 nitrogen and oxygen atoms in total. The van der Waals surface area contributed by atoms with Crippen molar-refractivity contribution < 1.29 is 22.8 Å². The van der Waals surface area contributed by atoms with Crippen molar-refractivity contribution in [2.75, 3.05) is 14.2 Å². The van der Waals surface area contributed by atoms with E-state index in [1.807, 2.05) is 5.92 Å². The second-order valence-corrected chi connectivity index (χ2v) is 3.52. The molecule has 0 fully saturated rings. The Morgan fingerprint density at radius 2 is 2.28 bits per heavy atom. The number of hydrogen-bond acceptors (Lipinski definition) is 3. The number of hydrogen-bond donors (Lipinski definition) is 0. The van der Waals surface area contributed by atoms with Gasteiger partial charge in [0.05, 0.1) is 12.7 Å². The lowest BCUT2D eigenvalue weighted by Gasteiger charge is -2.22. The smallest absolute Gasteiger partial charge is 0.274 e. The number of carbonyl (C=O) groups is 1. The highest BCUT2D eigenvalue weighted by molar-refractivity contribution is 6.28. The van der Waals surface area contributed by atoms with Crippen molar-refractivity contribution in [2.45, 2.75) is 18.6 Å². The molecule has 1 atom stereocenters. The van der Waals surface area contributed by atoms with Crippen molar-refractivity contribution in [3.63, 3.8) is 0 Å². The van der Waals surface area contributed by atoms with E-state index in [-0.39, 0.29) is 11.3 Å². The largest absolute Gasteiger partial charge is 0.411 e.